The number of allylic oxidation sites excluding steroid dienone is 2. The minimum atomic E-state index is 0.562. The molecule has 5 fully saturated rings. The molecule has 2 spiro atoms. The summed E-state index contributed by atoms with van der Waals surface area (Å²) in [5.74, 6) is 4.78. The number of fused-ring (bicyclic) bond motifs is 2. The van der Waals surface area contributed by atoms with Crippen LogP contribution in [-0.4, -0.2) is 0 Å². The molecule has 0 bridgehead atoms. The van der Waals surface area contributed by atoms with Gasteiger partial charge in [-0.2, -0.15) is 0 Å². The summed E-state index contributed by atoms with van der Waals surface area (Å²) in [5, 5.41) is 0. The first-order valence-electron chi connectivity index (χ1n) is 14.1. The first kappa shape index (κ1) is 22.5. The molecule has 5 saturated carbocycles. The Labute approximate surface area is 194 Å². The summed E-state index contributed by atoms with van der Waals surface area (Å²) in [6.07, 6.45) is 19.1. The van der Waals surface area contributed by atoms with E-state index in [1.54, 1.807) is 25.7 Å². The Balaban J connectivity index is 1.41. The van der Waals surface area contributed by atoms with E-state index < -0.39 is 0 Å². The molecule has 0 heterocycles. The SMILES string of the molecule is CC(C)=CCC[C@@H](C)C1CC[C@@]2(C)C3CCC4C(C)(C)[C@@H](C)CC[C@@]45C[C@@]35CC[C@]12C. The molecule has 0 saturated heterocycles. The second kappa shape index (κ2) is 6.88. The van der Waals surface area contributed by atoms with E-state index in [9.17, 15) is 0 Å². The summed E-state index contributed by atoms with van der Waals surface area (Å²) in [6, 6.07) is 0. The van der Waals surface area contributed by atoms with Crippen molar-refractivity contribution in [2.45, 2.75) is 126 Å². The van der Waals surface area contributed by atoms with E-state index in [4.69, 9.17) is 0 Å². The van der Waals surface area contributed by atoms with Crippen LogP contribution >= 0.6 is 0 Å². The normalized spacial score (nSPS) is 52.9. The lowest BCUT2D eigenvalue weighted by molar-refractivity contribution is -0.149. The lowest BCUT2D eigenvalue weighted by Gasteiger charge is -2.63. The van der Waals surface area contributed by atoms with Gasteiger partial charge in [-0.1, -0.05) is 53.2 Å². The molecular formula is C31H52. The van der Waals surface area contributed by atoms with Gasteiger partial charge in [0.1, 0.15) is 0 Å². The fraction of sp³-hybridized carbons (Fsp3) is 0.935. The van der Waals surface area contributed by atoms with Crippen molar-refractivity contribution in [3.05, 3.63) is 11.6 Å². The van der Waals surface area contributed by atoms with Crippen LogP contribution < -0.4 is 0 Å². The molecule has 0 N–H and O–H groups in total. The van der Waals surface area contributed by atoms with Crippen molar-refractivity contribution in [1.82, 2.24) is 0 Å². The summed E-state index contributed by atoms with van der Waals surface area (Å²) >= 11 is 0. The van der Waals surface area contributed by atoms with Gasteiger partial charge in [0.15, 0.2) is 0 Å². The van der Waals surface area contributed by atoms with Gasteiger partial charge in [0.25, 0.3) is 0 Å². The monoisotopic (exact) mass is 424 g/mol. The van der Waals surface area contributed by atoms with E-state index in [2.05, 4.69) is 61.5 Å². The average Bonchev–Trinajstić information content (AvgIpc) is 3.27. The highest BCUT2D eigenvalue weighted by atomic mass is 14.9. The predicted octanol–water partition coefficient (Wildman–Crippen LogP) is 9.44. The number of hydrogen-bond donors (Lipinski definition) is 0. The second-order valence-electron chi connectivity index (χ2n) is 14.7. The van der Waals surface area contributed by atoms with Crippen LogP contribution in [0.15, 0.2) is 11.6 Å². The fourth-order valence-electron chi connectivity index (χ4n) is 11.3. The summed E-state index contributed by atoms with van der Waals surface area (Å²) in [6.45, 7) is 20.5. The van der Waals surface area contributed by atoms with E-state index in [0.29, 0.717) is 16.2 Å². The average molecular weight is 425 g/mol. The number of hydrogen-bond acceptors (Lipinski definition) is 0. The lowest BCUT2D eigenvalue weighted by Crippen LogP contribution is -2.56. The van der Waals surface area contributed by atoms with Crippen LogP contribution in [0, 0.1) is 56.7 Å². The summed E-state index contributed by atoms with van der Waals surface area (Å²) in [5.41, 5.74) is 4.72. The molecule has 31 heavy (non-hydrogen) atoms. The molecule has 0 aromatic rings. The molecule has 0 nitrogen and oxygen atoms in total. The molecule has 5 aliphatic carbocycles. The zero-order valence-electron chi connectivity index (χ0n) is 22.2. The van der Waals surface area contributed by atoms with Crippen molar-refractivity contribution in [1.29, 1.82) is 0 Å². The van der Waals surface area contributed by atoms with Gasteiger partial charge in [0.2, 0.25) is 0 Å². The standard InChI is InChI=1S/C31H52/c1-21(2)10-9-11-22(3)24-15-16-29(8)26-13-12-25-27(5,6)23(4)14-17-30(25)20-31(26,30)19-18-28(24,29)7/h10,22-26H,9,11-20H2,1-8H3/t22-,23+,24?,25?,26?,28-,29+,30-,31+/m1/s1. The molecule has 0 aromatic carbocycles. The predicted molar refractivity (Wildman–Crippen MR) is 134 cm³/mol. The van der Waals surface area contributed by atoms with Gasteiger partial charge >= 0.3 is 0 Å². The van der Waals surface area contributed by atoms with Crippen LogP contribution in [0.2, 0.25) is 0 Å². The maximum absolute atomic E-state index is 2.80. The third-order valence-electron chi connectivity index (χ3n) is 13.6. The molecule has 176 valence electrons. The van der Waals surface area contributed by atoms with E-state index in [1.807, 2.05) is 0 Å². The largest absolute Gasteiger partial charge is 0.0859 e. The first-order chi connectivity index (χ1) is 14.4. The Morgan fingerprint density at radius 3 is 2.23 bits per heavy atom. The van der Waals surface area contributed by atoms with Crippen molar-refractivity contribution >= 4 is 0 Å². The summed E-state index contributed by atoms with van der Waals surface area (Å²) in [4.78, 5) is 0. The Hall–Kier alpha value is -0.260. The Kier molecular flexibility index (Phi) is 5.00. The zero-order valence-corrected chi connectivity index (χ0v) is 22.2. The van der Waals surface area contributed by atoms with Crippen molar-refractivity contribution in [3.8, 4) is 0 Å². The third-order valence-corrected chi connectivity index (χ3v) is 13.6. The van der Waals surface area contributed by atoms with Gasteiger partial charge in [0.05, 0.1) is 0 Å². The van der Waals surface area contributed by atoms with Crippen LogP contribution in [0.4, 0.5) is 0 Å². The van der Waals surface area contributed by atoms with Crippen LogP contribution in [0.5, 0.6) is 0 Å². The lowest BCUT2D eigenvalue weighted by atomic mass is 9.41. The van der Waals surface area contributed by atoms with Gasteiger partial charge in [-0.3, -0.25) is 0 Å². The fourth-order valence-corrected chi connectivity index (χ4v) is 11.3. The van der Waals surface area contributed by atoms with E-state index in [-0.39, 0.29) is 0 Å². The molecule has 9 atom stereocenters. The van der Waals surface area contributed by atoms with Gasteiger partial charge < -0.3 is 0 Å². The molecule has 0 aromatic heterocycles. The van der Waals surface area contributed by atoms with E-state index in [0.717, 1.165) is 40.4 Å². The highest BCUT2D eigenvalue weighted by Crippen LogP contribution is 2.89. The van der Waals surface area contributed by atoms with Gasteiger partial charge in [-0.05, 0) is 141 Å². The molecule has 5 aliphatic rings. The zero-order chi connectivity index (χ0) is 22.4. The van der Waals surface area contributed by atoms with Crippen molar-refractivity contribution < 1.29 is 0 Å². The van der Waals surface area contributed by atoms with Gasteiger partial charge in [0, 0.05) is 0 Å². The maximum atomic E-state index is 2.80. The maximum Gasteiger partial charge on any atom is -0.0198 e. The highest BCUT2D eigenvalue weighted by Gasteiger charge is 2.81. The van der Waals surface area contributed by atoms with E-state index in [1.165, 1.54) is 50.5 Å². The van der Waals surface area contributed by atoms with E-state index >= 15 is 0 Å². The molecule has 5 rings (SSSR count). The minimum absolute atomic E-state index is 0.562. The molecular weight excluding hydrogens is 372 g/mol. The van der Waals surface area contributed by atoms with Crippen molar-refractivity contribution in [2.24, 2.45) is 56.7 Å². The quantitative estimate of drug-likeness (QED) is 0.394. The molecule has 0 amide bonds. The smallest absolute Gasteiger partial charge is 0.0198 e. The van der Waals surface area contributed by atoms with Crippen molar-refractivity contribution in [3.63, 3.8) is 0 Å². The minimum Gasteiger partial charge on any atom is -0.0859 e. The van der Waals surface area contributed by atoms with Gasteiger partial charge in [-0.15, -0.1) is 0 Å². The Morgan fingerprint density at radius 1 is 0.839 bits per heavy atom. The van der Waals surface area contributed by atoms with Crippen LogP contribution in [-0.2, 0) is 0 Å². The summed E-state index contributed by atoms with van der Waals surface area (Å²) < 4.78 is 0. The highest BCUT2D eigenvalue weighted by molar-refractivity contribution is 5.30. The molecule has 3 unspecified atom stereocenters. The topological polar surface area (TPSA) is 0 Å². The molecule has 0 heteroatoms. The second-order valence-corrected chi connectivity index (χ2v) is 14.7. The summed E-state index contributed by atoms with van der Waals surface area (Å²) in [7, 11) is 0. The molecule has 0 radical (unpaired) electrons. The molecule has 0 aliphatic heterocycles. The van der Waals surface area contributed by atoms with Crippen LogP contribution in [0.25, 0.3) is 0 Å². The number of rotatable bonds is 4. The Bertz CT molecular complexity index is 754. The van der Waals surface area contributed by atoms with Gasteiger partial charge in [-0.25, -0.2) is 0 Å². The van der Waals surface area contributed by atoms with Crippen molar-refractivity contribution in [2.75, 3.05) is 0 Å². The Morgan fingerprint density at radius 2 is 1.52 bits per heavy atom. The first-order valence-corrected chi connectivity index (χ1v) is 14.1. The van der Waals surface area contributed by atoms with Crippen LogP contribution in [0.1, 0.15) is 126 Å². The third kappa shape index (κ3) is 2.72. The van der Waals surface area contributed by atoms with Crippen LogP contribution in [0.3, 0.4) is 0 Å².